The number of rotatable bonds is 3. The van der Waals surface area contributed by atoms with E-state index in [1.54, 1.807) is 6.20 Å². The van der Waals surface area contributed by atoms with E-state index < -0.39 is 0 Å². The van der Waals surface area contributed by atoms with Crippen molar-refractivity contribution in [1.29, 1.82) is 0 Å². The zero-order valence-corrected chi connectivity index (χ0v) is 9.83. The van der Waals surface area contributed by atoms with Crippen molar-refractivity contribution in [2.45, 2.75) is 30.6 Å². The molecule has 1 fully saturated rings. The molecule has 2 rings (SSSR count). The SMILES string of the molecule is CSC1CCC(Nc2ncc(N)s2)C1. The summed E-state index contributed by atoms with van der Waals surface area (Å²) < 4.78 is 0. The molecule has 0 aromatic carbocycles. The van der Waals surface area contributed by atoms with E-state index in [1.807, 2.05) is 11.8 Å². The summed E-state index contributed by atoms with van der Waals surface area (Å²) in [5.74, 6) is 0. The Kier molecular flexibility index (Phi) is 3.18. The van der Waals surface area contributed by atoms with Gasteiger partial charge in [-0.1, -0.05) is 11.3 Å². The molecule has 0 radical (unpaired) electrons. The summed E-state index contributed by atoms with van der Waals surface area (Å²) in [6, 6.07) is 0.595. The first-order chi connectivity index (χ1) is 6.78. The summed E-state index contributed by atoms with van der Waals surface area (Å²) in [6.07, 6.45) is 7.73. The Hall–Kier alpha value is -0.420. The Morgan fingerprint density at radius 2 is 2.50 bits per heavy atom. The van der Waals surface area contributed by atoms with E-state index in [1.165, 1.54) is 30.6 Å². The second-order valence-corrected chi connectivity index (χ2v) is 5.78. The Bertz CT molecular complexity index is 300. The Morgan fingerprint density at radius 3 is 3.07 bits per heavy atom. The number of nitrogens with two attached hydrogens (primary N) is 1. The first kappa shape index (κ1) is 10.1. The maximum absolute atomic E-state index is 5.62. The number of nitrogens with one attached hydrogen (secondary N) is 1. The van der Waals surface area contributed by atoms with E-state index in [2.05, 4.69) is 16.6 Å². The van der Waals surface area contributed by atoms with Gasteiger partial charge in [-0.3, -0.25) is 0 Å². The molecule has 2 atom stereocenters. The summed E-state index contributed by atoms with van der Waals surface area (Å²) in [5, 5.41) is 6.02. The Balaban J connectivity index is 1.87. The lowest BCUT2D eigenvalue weighted by molar-refractivity contribution is 0.756. The van der Waals surface area contributed by atoms with Crippen LogP contribution in [-0.2, 0) is 0 Å². The van der Waals surface area contributed by atoms with Crippen LogP contribution >= 0.6 is 23.1 Å². The van der Waals surface area contributed by atoms with Gasteiger partial charge in [-0.25, -0.2) is 4.98 Å². The van der Waals surface area contributed by atoms with Gasteiger partial charge < -0.3 is 11.1 Å². The summed E-state index contributed by atoms with van der Waals surface area (Å²) in [6.45, 7) is 0. The molecule has 1 heterocycles. The van der Waals surface area contributed by atoms with Gasteiger partial charge in [0, 0.05) is 11.3 Å². The molecule has 3 nitrogen and oxygen atoms in total. The van der Waals surface area contributed by atoms with Crippen LogP contribution in [0.4, 0.5) is 10.1 Å². The van der Waals surface area contributed by atoms with Crippen LogP contribution in [0.25, 0.3) is 0 Å². The van der Waals surface area contributed by atoms with Crippen LogP contribution in [0.1, 0.15) is 19.3 Å². The van der Waals surface area contributed by atoms with Crippen molar-refractivity contribution in [1.82, 2.24) is 4.98 Å². The van der Waals surface area contributed by atoms with Crippen molar-refractivity contribution < 1.29 is 0 Å². The molecule has 1 aromatic heterocycles. The third kappa shape index (κ3) is 2.33. The number of thiazole rings is 1. The largest absolute Gasteiger partial charge is 0.389 e. The molecule has 0 bridgehead atoms. The third-order valence-corrected chi connectivity index (χ3v) is 4.42. The number of hydrogen-bond donors (Lipinski definition) is 2. The molecular formula is C9H15N3S2. The van der Waals surface area contributed by atoms with Crippen molar-refractivity contribution >= 4 is 33.2 Å². The van der Waals surface area contributed by atoms with Crippen molar-refractivity contribution in [2.75, 3.05) is 17.3 Å². The van der Waals surface area contributed by atoms with Crippen LogP contribution in [0.2, 0.25) is 0 Å². The molecule has 1 aromatic rings. The molecule has 78 valence electrons. The minimum atomic E-state index is 0.595. The third-order valence-electron chi connectivity index (χ3n) is 2.57. The number of anilines is 2. The Morgan fingerprint density at radius 1 is 1.64 bits per heavy atom. The molecule has 14 heavy (non-hydrogen) atoms. The van der Waals surface area contributed by atoms with Crippen LogP contribution in [0, 0.1) is 0 Å². The molecule has 2 unspecified atom stereocenters. The minimum absolute atomic E-state index is 0.595. The standard InChI is InChI=1S/C9H15N3S2/c1-13-7-3-2-6(4-7)12-9-11-5-8(10)14-9/h5-7H,2-4,10H2,1H3,(H,11,12). The average molecular weight is 229 g/mol. The normalized spacial score (nSPS) is 26.6. The minimum Gasteiger partial charge on any atom is -0.389 e. The summed E-state index contributed by atoms with van der Waals surface area (Å²) in [7, 11) is 0. The second kappa shape index (κ2) is 4.40. The Labute approximate surface area is 92.5 Å². The van der Waals surface area contributed by atoms with E-state index in [-0.39, 0.29) is 0 Å². The van der Waals surface area contributed by atoms with Gasteiger partial charge in [-0.15, -0.1) is 0 Å². The van der Waals surface area contributed by atoms with Gasteiger partial charge in [0.1, 0.15) is 5.00 Å². The average Bonchev–Trinajstić information content (AvgIpc) is 2.76. The number of aromatic nitrogens is 1. The lowest BCUT2D eigenvalue weighted by Gasteiger charge is -2.10. The molecule has 0 saturated heterocycles. The first-order valence-corrected chi connectivity index (χ1v) is 6.89. The fourth-order valence-corrected chi connectivity index (χ4v) is 3.27. The van der Waals surface area contributed by atoms with Crippen LogP contribution in [0.15, 0.2) is 6.20 Å². The van der Waals surface area contributed by atoms with E-state index in [0.29, 0.717) is 6.04 Å². The molecular weight excluding hydrogens is 214 g/mol. The van der Waals surface area contributed by atoms with Crippen molar-refractivity contribution in [3.05, 3.63) is 6.20 Å². The first-order valence-electron chi connectivity index (χ1n) is 4.78. The molecule has 1 saturated carbocycles. The molecule has 0 spiro atoms. The molecule has 0 aliphatic heterocycles. The maximum atomic E-state index is 5.62. The van der Waals surface area contributed by atoms with Gasteiger partial charge in [-0.2, -0.15) is 11.8 Å². The number of thioether (sulfide) groups is 1. The fraction of sp³-hybridized carbons (Fsp3) is 0.667. The number of nitrogen functional groups attached to an aromatic ring is 1. The van der Waals surface area contributed by atoms with Crippen LogP contribution in [-0.4, -0.2) is 22.5 Å². The second-order valence-electron chi connectivity index (χ2n) is 3.58. The van der Waals surface area contributed by atoms with E-state index >= 15 is 0 Å². The van der Waals surface area contributed by atoms with Crippen molar-refractivity contribution in [2.24, 2.45) is 0 Å². The van der Waals surface area contributed by atoms with Gasteiger partial charge in [0.15, 0.2) is 5.13 Å². The zero-order chi connectivity index (χ0) is 9.97. The van der Waals surface area contributed by atoms with Gasteiger partial charge in [0.25, 0.3) is 0 Å². The lowest BCUT2D eigenvalue weighted by Crippen LogP contribution is -2.15. The number of hydrogen-bond acceptors (Lipinski definition) is 5. The molecule has 5 heteroatoms. The predicted octanol–water partition coefficient (Wildman–Crippen LogP) is 2.42. The fourth-order valence-electron chi connectivity index (χ4n) is 1.81. The van der Waals surface area contributed by atoms with Crippen molar-refractivity contribution in [3.63, 3.8) is 0 Å². The zero-order valence-electron chi connectivity index (χ0n) is 8.19. The van der Waals surface area contributed by atoms with Crippen molar-refractivity contribution in [3.8, 4) is 0 Å². The van der Waals surface area contributed by atoms with Crippen LogP contribution in [0.3, 0.4) is 0 Å². The van der Waals surface area contributed by atoms with Gasteiger partial charge in [0.2, 0.25) is 0 Å². The highest BCUT2D eigenvalue weighted by Gasteiger charge is 2.24. The molecule has 0 amide bonds. The van der Waals surface area contributed by atoms with Gasteiger partial charge >= 0.3 is 0 Å². The molecule has 3 N–H and O–H groups in total. The smallest absolute Gasteiger partial charge is 0.184 e. The van der Waals surface area contributed by atoms with E-state index in [4.69, 9.17) is 5.73 Å². The van der Waals surface area contributed by atoms with Gasteiger partial charge in [-0.05, 0) is 25.5 Å². The maximum Gasteiger partial charge on any atom is 0.184 e. The van der Waals surface area contributed by atoms with Crippen LogP contribution < -0.4 is 11.1 Å². The van der Waals surface area contributed by atoms with E-state index in [0.717, 1.165) is 15.4 Å². The summed E-state index contributed by atoms with van der Waals surface area (Å²) in [5.41, 5.74) is 5.62. The van der Waals surface area contributed by atoms with Gasteiger partial charge in [0.05, 0.1) is 6.20 Å². The summed E-state index contributed by atoms with van der Waals surface area (Å²) in [4.78, 5) is 4.21. The lowest BCUT2D eigenvalue weighted by atomic mass is 10.3. The highest BCUT2D eigenvalue weighted by Crippen LogP contribution is 2.31. The topological polar surface area (TPSA) is 50.9 Å². The summed E-state index contributed by atoms with van der Waals surface area (Å²) >= 11 is 3.50. The van der Waals surface area contributed by atoms with Crippen LogP contribution in [0.5, 0.6) is 0 Å². The van der Waals surface area contributed by atoms with E-state index in [9.17, 15) is 0 Å². The molecule has 1 aliphatic rings. The number of nitrogens with zero attached hydrogens (tertiary/aromatic N) is 1. The highest BCUT2D eigenvalue weighted by atomic mass is 32.2. The predicted molar refractivity (Wildman–Crippen MR) is 65.1 cm³/mol. The quantitative estimate of drug-likeness (QED) is 0.836. The highest BCUT2D eigenvalue weighted by molar-refractivity contribution is 7.99. The molecule has 1 aliphatic carbocycles. The monoisotopic (exact) mass is 229 g/mol.